The van der Waals surface area contributed by atoms with Gasteiger partial charge in [-0.3, -0.25) is 0 Å². The van der Waals surface area contributed by atoms with Gasteiger partial charge < -0.3 is 9.47 Å². The summed E-state index contributed by atoms with van der Waals surface area (Å²) in [6.07, 6.45) is 1.60. The van der Waals surface area contributed by atoms with Crippen LogP contribution >= 0.6 is 35.0 Å². The predicted molar refractivity (Wildman–Crippen MR) is 101 cm³/mol. The Morgan fingerprint density at radius 2 is 1.60 bits per heavy atom. The van der Waals surface area contributed by atoms with E-state index in [2.05, 4.69) is 9.97 Å². The van der Waals surface area contributed by atoms with Crippen LogP contribution in [0.15, 0.2) is 59.9 Å². The molecule has 0 atom stereocenters. The van der Waals surface area contributed by atoms with Crippen LogP contribution in [0.3, 0.4) is 0 Å². The summed E-state index contributed by atoms with van der Waals surface area (Å²) < 4.78 is 11.1. The molecular formula is C18H14Cl2N2O2S. The summed E-state index contributed by atoms with van der Waals surface area (Å²) in [6, 6.07) is 14.7. The normalized spacial score (nSPS) is 10.5. The largest absolute Gasteiger partial charge is 0.490 e. The van der Waals surface area contributed by atoms with E-state index in [9.17, 15) is 0 Å². The second kappa shape index (κ2) is 8.43. The number of hydrogen-bond acceptors (Lipinski definition) is 5. The van der Waals surface area contributed by atoms with Crippen LogP contribution < -0.4 is 9.47 Å². The van der Waals surface area contributed by atoms with Gasteiger partial charge in [-0.1, -0.05) is 47.1 Å². The third-order valence-corrected chi connectivity index (χ3v) is 4.67. The van der Waals surface area contributed by atoms with E-state index in [0.717, 1.165) is 11.3 Å². The number of methoxy groups -OCH3 is 1. The molecule has 0 bridgehead atoms. The zero-order valence-corrected chi connectivity index (χ0v) is 15.6. The molecule has 0 radical (unpaired) electrons. The van der Waals surface area contributed by atoms with Gasteiger partial charge in [-0.25, -0.2) is 4.98 Å². The molecule has 0 spiro atoms. The molecule has 3 aromatic rings. The van der Waals surface area contributed by atoms with Crippen molar-refractivity contribution in [2.75, 3.05) is 7.11 Å². The van der Waals surface area contributed by atoms with Crippen molar-refractivity contribution in [2.45, 2.75) is 10.9 Å². The first-order valence-electron chi connectivity index (χ1n) is 7.36. The van der Waals surface area contributed by atoms with Crippen LogP contribution in [0, 0.1) is 0 Å². The lowest BCUT2D eigenvalue weighted by Gasteiger charge is -2.10. The molecule has 3 rings (SSSR count). The zero-order chi connectivity index (χ0) is 17.6. The first kappa shape index (κ1) is 17.9. The number of halogens is 2. The minimum Gasteiger partial charge on any atom is -0.490 e. The highest BCUT2D eigenvalue weighted by Gasteiger charge is 2.11. The summed E-state index contributed by atoms with van der Waals surface area (Å²) in [5.41, 5.74) is 1.13. The maximum atomic E-state index is 5.90. The van der Waals surface area contributed by atoms with Gasteiger partial charge in [0, 0.05) is 15.8 Å². The summed E-state index contributed by atoms with van der Waals surface area (Å²) in [7, 11) is 1.55. The van der Waals surface area contributed by atoms with E-state index in [1.165, 1.54) is 11.8 Å². The number of ether oxygens (including phenoxy) is 2. The molecule has 0 fully saturated rings. The third kappa shape index (κ3) is 5.01. The summed E-state index contributed by atoms with van der Waals surface area (Å²) in [6.45, 7) is 0. The van der Waals surface area contributed by atoms with Crippen molar-refractivity contribution < 1.29 is 9.47 Å². The van der Waals surface area contributed by atoms with Gasteiger partial charge in [-0.15, -0.1) is 0 Å². The standard InChI is InChI=1S/C18H14Cl2N2O2S/c1-23-16-10-21-18(25-11-12-2-4-13(19)5-3-12)22-17(16)24-15-8-6-14(20)7-9-15/h2-10H,11H2,1H3. The molecule has 0 saturated heterocycles. The van der Waals surface area contributed by atoms with Crippen molar-refractivity contribution in [2.24, 2.45) is 0 Å². The van der Waals surface area contributed by atoms with Gasteiger partial charge in [-0.05, 0) is 42.0 Å². The minimum absolute atomic E-state index is 0.360. The SMILES string of the molecule is COc1cnc(SCc2ccc(Cl)cc2)nc1Oc1ccc(Cl)cc1. The molecule has 0 unspecified atom stereocenters. The molecule has 0 N–H and O–H groups in total. The Bertz CT molecular complexity index is 843. The number of aromatic nitrogens is 2. The van der Waals surface area contributed by atoms with Crippen LogP contribution in [-0.2, 0) is 5.75 Å². The van der Waals surface area contributed by atoms with Gasteiger partial charge in [0.25, 0.3) is 5.88 Å². The number of benzene rings is 2. The quantitative estimate of drug-likeness (QED) is 0.387. The van der Waals surface area contributed by atoms with E-state index in [0.29, 0.717) is 32.6 Å². The summed E-state index contributed by atoms with van der Waals surface area (Å²) in [4.78, 5) is 8.74. The summed E-state index contributed by atoms with van der Waals surface area (Å²) in [5.74, 6) is 2.17. The molecule has 7 heteroatoms. The van der Waals surface area contributed by atoms with Crippen LogP contribution in [0.4, 0.5) is 0 Å². The highest BCUT2D eigenvalue weighted by atomic mass is 35.5. The predicted octanol–water partition coefficient (Wildman–Crippen LogP) is 5.88. The van der Waals surface area contributed by atoms with Crippen molar-refractivity contribution in [3.63, 3.8) is 0 Å². The Labute approximate surface area is 160 Å². The Balaban J connectivity index is 1.74. The lowest BCUT2D eigenvalue weighted by Crippen LogP contribution is -1.97. The molecule has 0 aliphatic rings. The fraction of sp³-hybridized carbons (Fsp3) is 0.111. The summed E-state index contributed by atoms with van der Waals surface area (Å²) >= 11 is 13.3. The van der Waals surface area contributed by atoms with Crippen LogP contribution in [0.25, 0.3) is 0 Å². The molecule has 4 nitrogen and oxygen atoms in total. The number of nitrogens with zero attached hydrogens (tertiary/aromatic N) is 2. The first-order valence-corrected chi connectivity index (χ1v) is 9.10. The van der Waals surface area contributed by atoms with Gasteiger partial charge in [0.1, 0.15) is 5.75 Å². The van der Waals surface area contributed by atoms with E-state index in [1.54, 1.807) is 37.6 Å². The molecule has 25 heavy (non-hydrogen) atoms. The Hall–Kier alpha value is -1.95. The van der Waals surface area contributed by atoms with Crippen molar-refractivity contribution in [1.82, 2.24) is 9.97 Å². The van der Waals surface area contributed by atoms with Crippen molar-refractivity contribution >= 4 is 35.0 Å². The van der Waals surface area contributed by atoms with E-state index in [-0.39, 0.29) is 0 Å². The van der Waals surface area contributed by atoms with Crippen LogP contribution in [0.1, 0.15) is 5.56 Å². The average Bonchev–Trinajstić information content (AvgIpc) is 2.63. The van der Waals surface area contributed by atoms with Crippen LogP contribution in [0.2, 0.25) is 10.0 Å². The Morgan fingerprint density at radius 3 is 2.24 bits per heavy atom. The zero-order valence-electron chi connectivity index (χ0n) is 13.3. The second-order valence-corrected chi connectivity index (χ2v) is 6.81. The average molecular weight is 393 g/mol. The van der Waals surface area contributed by atoms with Crippen LogP contribution in [0.5, 0.6) is 17.4 Å². The number of rotatable bonds is 6. The molecule has 1 aromatic heterocycles. The van der Waals surface area contributed by atoms with E-state index < -0.39 is 0 Å². The van der Waals surface area contributed by atoms with Gasteiger partial charge in [0.2, 0.25) is 0 Å². The van der Waals surface area contributed by atoms with E-state index in [1.807, 2.05) is 24.3 Å². The third-order valence-electron chi connectivity index (χ3n) is 3.23. The molecule has 0 amide bonds. The minimum atomic E-state index is 0.360. The Kier molecular flexibility index (Phi) is 6.02. The highest BCUT2D eigenvalue weighted by Crippen LogP contribution is 2.31. The lowest BCUT2D eigenvalue weighted by atomic mass is 10.2. The maximum Gasteiger partial charge on any atom is 0.266 e. The van der Waals surface area contributed by atoms with Gasteiger partial charge in [0.15, 0.2) is 10.9 Å². The number of hydrogen-bond donors (Lipinski definition) is 0. The smallest absolute Gasteiger partial charge is 0.266 e. The fourth-order valence-electron chi connectivity index (χ4n) is 1.97. The molecular weight excluding hydrogens is 379 g/mol. The maximum absolute atomic E-state index is 5.90. The van der Waals surface area contributed by atoms with Crippen molar-refractivity contribution in [1.29, 1.82) is 0 Å². The molecule has 0 aliphatic heterocycles. The van der Waals surface area contributed by atoms with Crippen LogP contribution in [-0.4, -0.2) is 17.1 Å². The van der Waals surface area contributed by atoms with Gasteiger partial charge in [-0.2, -0.15) is 4.98 Å². The van der Waals surface area contributed by atoms with Gasteiger partial charge >= 0.3 is 0 Å². The molecule has 0 aliphatic carbocycles. The van der Waals surface area contributed by atoms with E-state index >= 15 is 0 Å². The molecule has 1 heterocycles. The van der Waals surface area contributed by atoms with Crippen molar-refractivity contribution in [3.8, 4) is 17.4 Å². The molecule has 2 aromatic carbocycles. The van der Waals surface area contributed by atoms with E-state index in [4.69, 9.17) is 32.7 Å². The first-order chi connectivity index (χ1) is 12.1. The Morgan fingerprint density at radius 1 is 0.960 bits per heavy atom. The fourth-order valence-corrected chi connectivity index (χ4v) is 2.98. The summed E-state index contributed by atoms with van der Waals surface area (Å²) in [5, 5.41) is 1.95. The van der Waals surface area contributed by atoms with Gasteiger partial charge in [0.05, 0.1) is 13.3 Å². The number of thioether (sulfide) groups is 1. The monoisotopic (exact) mass is 392 g/mol. The highest BCUT2D eigenvalue weighted by molar-refractivity contribution is 7.98. The lowest BCUT2D eigenvalue weighted by molar-refractivity contribution is 0.363. The van der Waals surface area contributed by atoms with Crippen molar-refractivity contribution in [3.05, 3.63) is 70.3 Å². The second-order valence-electron chi connectivity index (χ2n) is 5.00. The topological polar surface area (TPSA) is 44.2 Å². The molecule has 0 saturated carbocycles. The molecule has 128 valence electrons.